The third kappa shape index (κ3) is 5.25. The maximum Gasteiger partial charge on any atom is 0.433 e. The lowest BCUT2D eigenvalue weighted by Crippen LogP contribution is -2.36. The van der Waals surface area contributed by atoms with Gasteiger partial charge >= 0.3 is 12.4 Å². The number of halogens is 7. The van der Waals surface area contributed by atoms with Crippen molar-refractivity contribution >= 4 is 21.7 Å². The first-order valence-electron chi connectivity index (χ1n) is 5.05. The zero-order valence-electron chi connectivity index (χ0n) is 9.39. The Bertz CT molecular complexity index is 417. The molecule has 0 aliphatic rings. The largest absolute Gasteiger partial charge is 0.433 e. The third-order valence-electron chi connectivity index (χ3n) is 2.07. The lowest BCUT2D eigenvalue weighted by atomic mass is 10.3. The van der Waals surface area contributed by atoms with Crippen LogP contribution in [0.25, 0.3) is 0 Å². The molecule has 0 spiro atoms. The molecule has 19 heavy (non-hydrogen) atoms. The monoisotopic (exact) mass is 350 g/mol. The fourth-order valence-corrected chi connectivity index (χ4v) is 1.78. The average molecular weight is 351 g/mol. The number of rotatable bonds is 4. The van der Waals surface area contributed by atoms with Gasteiger partial charge in [0.25, 0.3) is 0 Å². The van der Waals surface area contributed by atoms with Crippen LogP contribution in [0.15, 0.2) is 18.2 Å². The van der Waals surface area contributed by atoms with Gasteiger partial charge in [-0.25, -0.2) is 4.98 Å². The standard InChI is InChI=1S/C10H9BrF6N2/c11-4-5-19(6-9(12,13)14)8-3-1-2-7(18-8)10(15,16)17/h1-3H,4-6H2. The first-order chi connectivity index (χ1) is 8.63. The molecule has 0 radical (unpaired) electrons. The van der Waals surface area contributed by atoms with Gasteiger partial charge in [-0.15, -0.1) is 0 Å². The van der Waals surface area contributed by atoms with Gasteiger partial charge in [-0.05, 0) is 12.1 Å². The number of nitrogens with zero attached hydrogens (tertiary/aromatic N) is 2. The second-order valence-corrected chi connectivity index (χ2v) is 4.40. The van der Waals surface area contributed by atoms with Crippen LogP contribution in [-0.4, -0.2) is 29.6 Å². The van der Waals surface area contributed by atoms with E-state index in [0.717, 1.165) is 17.0 Å². The summed E-state index contributed by atoms with van der Waals surface area (Å²) in [6.07, 6.45) is -9.20. The van der Waals surface area contributed by atoms with Crippen molar-refractivity contribution in [3.8, 4) is 0 Å². The fraction of sp³-hybridized carbons (Fsp3) is 0.500. The summed E-state index contributed by atoms with van der Waals surface area (Å²) in [5, 5.41) is 0.182. The SMILES string of the molecule is FC(F)(F)CN(CCBr)c1cccc(C(F)(F)F)n1. The zero-order chi connectivity index (χ0) is 14.7. The van der Waals surface area contributed by atoms with E-state index in [0.29, 0.717) is 6.07 Å². The molecule has 0 amide bonds. The van der Waals surface area contributed by atoms with Crippen molar-refractivity contribution < 1.29 is 26.3 Å². The van der Waals surface area contributed by atoms with Gasteiger partial charge in [-0.1, -0.05) is 22.0 Å². The summed E-state index contributed by atoms with van der Waals surface area (Å²) in [4.78, 5) is 3.97. The smallest absolute Gasteiger partial charge is 0.347 e. The minimum Gasteiger partial charge on any atom is -0.347 e. The highest BCUT2D eigenvalue weighted by Gasteiger charge is 2.34. The molecule has 1 heterocycles. The molecule has 108 valence electrons. The lowest BCUT2D eigenvalue weighted by Gasteiger charge is -2.24. The predicted molar refractivity (Wildman–Crippen MR) is 61.3 cm³/mol. The van der Waals surface area contributed by atoms with E-state index >= 15 is 0 Å². The van der Waals surface area contributed by atoms with Gasteiger partial charge in [-0.2, -0.15) is 26.3 Å². The minimum absolute atomic E-state index is 0.103. The highest BCUT2D eigenvalue weighted by molar-refractivity contribution is 9.09. The van der Waals surface area contributed by atoms with Crippen LogP contribution < -0.4 is 4.90 Å². The van der Waals surface area contributed by atoms with E-state index in [9.17, 15) is 26.3 Å². The van der Waals surface area contributed by atoms with Crippen LogP contribution in [0.5, 0.6) is 0 Å². The summed E-state index contributed by atoms with van der Waals surface area (Å²) in [6.45, 7) is -1.46. The van der Waals surface area contributed by atoms with Gasteiger partial charge in [-0.3, -0.25) is 0 Å². The number of anilines is 1. The molecule has 1 aromatic rings. The molecule has 0 atom stereocenters. The van der Waals surface area contributed by atoms with Crippen molar-refractivity contribution in [1.29, 1.82) is 0 Å². The third-order valence-corrected chi connectivity index (χ3v) is 2.43. The van der Waals surface area contributed by atoms with Crippen LogP contribution in [0.3, 0.4) is 0 Å². The quantitative estimate of drug-likeness (QED) is 0.605. The first kappa shape index (κ1) is 16.1. The van der Waals surface area contributed by atoms with E-state index in [1.165, 1.54) is 0 Å². The maximum atomic E-state index is 12.4. The summed E-state index contributed by atoms with van der Waals surface area (Å²) in [6, 6.07) is 2.86. The van der Waals surface area contributed by atoms with E-state index in [1.807, 2.05) is 0 Å². The Morgan fingerprint density at radius 2 is 1.74 bits per heavy atom. The molecule has 1 rings (SSSR count). The fourth-order valence-electron chi connectivity index (χ4n) is 1.35. The molecule has 0 aliphatic heterocycles. The van der Waals surface area contributed by atoms with E-state index < -0.39 is 24.6 Å². The Labute approximate surface area is 113 Å². The van der Waals surface area contributed by atoms with Crippen LogP contribution >= 0.6 is 15.9 Å². The molecular formula is C10H9BrF6N2. The van der Waals surface area contributed by atoms with Gasteiger partial charge in [0.15, 0.2) is 0 Å². The van der Waals surface area contributed by atoms with Crippen molar-refractivity contribution in [1.82, 2.24) is 4.98 Å². The lowest BCUT2D eigenvalue weighted by molar-refractivity contribution is -0.141. The van der Waals surface area contributed by atoms with Gasteiger partial charge in [0, 0.05) is 11.9 Å². The Balaban J connectivity index is 3.03. The van der Waals surface area contributed by atoms with E-state index in [2.05, 4.69) is 20.9 Å². The Morgan fingerprint density at radius 3 is 2.21 bits per heavy atom. The topological polar surface area (TPSA) is 16.1 Å². The van der Waals surface area contributed by atoms with Gasteiger partial charge in [0.2, 0.25) is 0 Å². The molecule has 0 N–H and O–H groups in total. The number of hydrogen-bond donors (Lipinski definition) is 0. The molecule has 0 bridgehead atoms. The van der Waals surface area contributed by atoms with Crippen molar-refractivity contribution in [3.05, 3.63) is 23.9 Å². The van der Waals surface area contributed by atoms with Crippen LogP contribution in [0.2, 0.25) is 0 Å². The molecular weight excluding hydrogens is 342 g/mol. The highest BCUT2D eigenvalue weighted by atomic mass is 79.9. The number of hydrogen-bond acceptors (Lipinski definition) is 2. The van der Waals surface area contributed by atoms with E-state index in [4.69, 9.17) is 0 Å². The second-order valence-electron chi connectivity index (χ2n) is 3.60. The first-order valence-corrected chi connectivity index (χ1v) is 6.17. The minimum atomic E-state index is -4.69. The highest BCUT2D eigenvalue weighted by Crippen LogP contribution is 2.29. The molecule has 0 saturated heterocycles. The average Bonchev–Trinajstić information content (AvgIpc) is 2.26. The Hall–Kier alpha value is -0.990. The molecule has 0 fully saturated rings. The van der Waals surface area contributed by atoms with Crippen molar-refractivity contribution in [2.24, 2.45) is 0 Å². The van der Waals surface area contributed by atoms with E-state index in [-0.39, 0.29) is 17.7 Å². The number of alkyl halides is 7. The van der Waals surface area contributed by atoms with Crippen LogP contribution in [0.4, 0.5) is 32.2 Å². The Morgan fingerprint density at radius 1 is 1.11 bits per heavy atom. The maximum absolute atomic E-state index is 12.4. The van der Waals surface area contributed by atoms with Crippen molar-refractivity contribution in [3.63, 3.8) is 0 Å². The Kier molecular flexibility index (Phi) is 5.05. The number of aromatic nitrogens is 1. The molecule has 0 aliphatic carbocycles. The molecule has 2 nitrogen and oxygen atoms in total. The molecule has 0 aromatic carbocycles. The second kappa shape index (κ2) is 5.98. The summed E-state index contributed by atoms with van der Waals surface area (Å²) in [5.41, 5.74) is -1.22. The summed E-state index contributed by atoms with van der Waals surface area (Å²) < 4.78 is 74.4. The molecule has 0 saturated carbocycles. The molecule has 9 heteroatoms. The normalized spacial score (nSPS) is 12.6. The molecule has 1 aromatic heterocycles. The molecule has 0 unspecified atom stereocenters. The van der Waals surface area contributed by atoms with Crippen molar-refractivity contribution in [2.45, 2.75) is 12.4 Å². The van der Waals surface area contributed by atoms with Gasteiger partial charge in [0.1, 0.15) is 18.1 Å². The summed E-state index contributed by atoms with van der Waals surface area (Å²) in [5.74, 6) is -0.355. The van der Waals surface area contributed by atoms with Crippen LogP contribution in [0.1, 0.15) is 5.69 Å². The predicted octanol–water partition coefficient (Wildman–Crippen LogP) is 3.86. The van der Waals surface area contributed by atoms with Gasteiger partial charge in [0.05, 0.1) is 0 Å². The van der Waals surface area contributed by atoms with Gasteiger partial charge < -0.3 is 4.90 Å². The number of pyridine rings is 1. The summed E-state index contributed by atoms with van der Waals surface area (Å²) in [7, 11) is 0. The van der Waals surface area contributed by atoms with E-state index in [1.54, 1.807) is 0 Å². The van der Waals surface area contributed by atoms with Crippen molar-refractivity contribution in [2.75, 3.05) is 23.3 Å². The van der Waals surface area contributed by atoms with Crippen LogP contribution in [-0.2, 0) is 6.18 Å². The van der Waals surface area contributed by atoms with Crippen LogP contribution in [0, 0.1) is 0 Å². The summed E-state index contributed by atoms with van der Waals surface area (Å²) >= 11 is 2.95. The zero-order valence-corrected chi connectivity index (χ0v) is 11.0.